The molecule has 4 rings (SSSR count). The van der Waals surface area contributed by atoms with Gasteiger partial charge in [-0.05, 0) is 32.2 Å². The van der Waals surface area contributed by atoms with E-state index in [-0.39, 0.29) is 11.9 Å². The highest BCUT2D eigenvalue weighted by molar-refractivity contribution is 7.07. The molecule has 3 heterocycles. The Morgan fingerprint density at radius 1 is 1.48 bits per heavy atom. The molecule has 0 saturated heterocycles. The molecule has 0 amide bonds. The zero-order valence-corrected chi connectivity index (χ0v) is 14.0. The topological polar surface area (TPSA) is 31.9 Å². The van der Waals surface area contributed by atoms with Crippen LogP contribution in [0, 0.1) is 6.92 Å². The number of nitrogens with one attached hydrogen (secondary N) is 1. The highest BCUT2D eigenvalue weighted by Gasteiger charge is 2.28. The number of halogens is 1. The minimum Gasteiger partial charge on any atom is -0.358 e. The van der Waals surface area contributed by atoms with Crippen molar-refractivity contribution in [3.63, 3.8) is 0 Å². The van der Waals surface area contributed by atoms with Crippen molar-refractivity contribution >= 4 is 28.1 Å². The molecule has 1 aliphatic heterocycles. The number of nitrogens with zero attached hydrogens (tertiary/aromatic N) is 2. The monoisotopic (exact) mass is 327 g/mol. The molecule has 1 aromatic carbocycles. The van der Waals surface area contributed by atoms with E-state index >= 15 is 0 Å². The number of aromatic amines is 1. The second kappa shape index (κ2) is 5.58. The normalized spacial score (nSPS) is 19.3. The van der Waals surface area contributed by atoms with Crippen LogP contribution in [0.4, 0.5) is 4.39 Å². The van der Waals surface area contributed by atoms with Crippen molar-refractivity contribution in [3.05, 3.63) is 57.7 Å². The number of rotatable bonds is 2. The fraction of sp³-hybridized carbons (Fsp3) is 0.278. The number of benzene rings is 1. The summed E-state index contributed by atoms with van der Waals surface area (Å²) in [7, 11) is 2.05. The summed E-state index contributed by atoms with van der Waals surface area (Å²) < 4.78 is 14.6. The van der Waals surface area contributed by atoms with Crippen LogP contribution in [0.2, 0.25) is 0 Å². The number of H-pyrrole nitrogens is 1. The Labute approximate surface area is 138 Å². The molecule has 0 saturated carbocycles. The summed E-state index contributed by atoms with van der Waals surface area (Å²) in [6.07, 6.45) is 2.66. The molecule has 0 radical (unpaired) electrons. The molecule has 3 nitrogen and oxygen atoms in total. The minimum atomic E-state index is -0.252. The Bertz CT molecular complexity index is 879. The van der Waals surface area contributed by atoms with Crippen molar-refractivity contribution in [3.8, 4) is 0 Å². The predicted octanol–water partition coefficient (Wildman–Crippen LogP) is 4.47. The van der Waals surface area contributed by atoms with Gasteiger partial charge in [0.1, 0.15) is 11.5 Å². The van der Waals surface area contributed by atoms with E-state index in [1.807, 2.05) is 7.05 Å². The molecule has 1 N–H and O–H groups in total. The van der Waals surface area contributed by atoms with Crippen LogP contribution in [0.1, 0.15) is 28.6 Å². The van der Waals surface area contributed by atoms with E-state index in [0.29, 0.717) is 5.69 Å². The molecule has 1 aliphatic rings. The number of thiazole rings is 1. The molecule has 2 aromatic heterocycles. The Balaban J connectivity index is 1.87. The van der Waals surface area contributed by atoms with Crippen molar-refractivity contribution in [1.82, 2.24) is 14.9 Å². The third-order valence-electron chi connectivity index (χ3n) is 4.54. The molecule has 1 atom stereocenters. The van der Waals surface area contributed by atoms with E-state index in [1.54, 1.807) is 17.0 Å². The lowest BCUT2D eigenvalue weighted by Gasteiger charge is -2.31. The maximum Gasteiger partial charge on any atom is 0.147 e. The SMILES string of the molecule is Cc1ccc2[nH]c3c(c2c1)C(C=C(F)c1cscn1)N(C)CC3. The third-order valence-corrected chi connectivity index (χ3v) is 5.13. The Hall–Kier alpha value is -1.98. The van der Waals surface area contributed by atoms with Gasteiger partial charge in [-0.15, -0.1) is 11.3 Å². The van der Waals surface area contributed by atoms with Gasteiger partial charge in [-0.2, -0.15) is 0 Å². The molecule has 0 fully saturated rings. The molecular formula is C18H18FN3S. The summed E-state index contributed by atoms with van der Waals surface area (Å²) in [6.45, 7) is 3.00. The number of aryl methyl sites for hydroxylation is 1. The van der Waals surface area contributed by atoms with Crippen LogP contribution in [-0.2, 0) is 6.42 Å². The maximum atomic E-state index is 14.6. The molecular weight excluding hydrogens is 309 g/mol. The average Bonchev–Trinajstić information content (AvgIpc) is 3.17. The maximum absolute atomic E-state index is 14.6. The van der Waals surface area contributed by atoms with Gasteiger partial charge >= 0.3 is 0 Å². The number of hydrogen-bond acceptors (Lipinski definition) is 3. The molecule has 118 valence electrons. The average molecular weight is 327 g/mol. The lowest BCUT2D eigenvalue weighted by molar-refractivity contribution is 0.271. The molecule has 0 aliphatic carbocycles. The fourth-order valence-electron chi connectivity index (χ4n) is 3.33. The summed E-state index contributed by atoms with van der Waals surface area (Å²) in [4.78, 5) is 9.78. The van der Waals surface area contributed by atoms with Gasteiger partial charge in [0, 0.05) is 40.5 Å². The molecule has 5 heteroatoms. The lowest BCUT2D eigenvalue weighted by Crippen LogP contribution is -2.30. The second-order valence-corrected chi connectivity index (χ2v) is 6.85. The quantitative estimate of drug-likeness (QED) is 0.753. The van der Waals surface area contributed by atoms with Crippen LogP contribution in [0.3, 0.4) is 0 Å². The van der Waals surface area contributed by atoms with Gasteiger partial charge in [0.25, 0.3) is 0 Å². The van der Waals surface area contributed by atoms with Gasteiger partial charge in [0.2, 0.25) is 0 Å². The first-order chi connectivity index (χ1) is 11.1. The van der Waals surface area contributed by atoms with Crippen LogP contribution in [0.25, 0.3) is 16.7 Å². The lowest BCUT2D eigenvalue weighted by atomic mass is 9.95. The van der Waals surface area contributed by atoms with Crippen LogP contribution in [0.15, 0.2) is 35.2 Å². The van der Waals surface area contributed by atoms with Crippen molar-refractivity contribution in [1.29, 1.82) is 0 Å². The van der Waals surface area contributed by atoms with E-state index in [1.165, 1.54) is 33.5 Å². The minimum absolute atomic E-state index is 0.0731. The second-order valence-electron chi connectivity index (χ2n) is 6.13. The first-order valence-corrected chi connectivity index (χ1v) is 8.65. The third kappa shape index (κ3) is 2.50. The highest BCUT2D eigenvalue weighted by Crippen LogP contribution is 2.37. The molecule has 3 aromatic rings. The van der Waals surface area contributed by atoms with Crippen LogP contribution in [0.5, 0.6) is 0 Å². The highest BCUT2D eigenvalue weighted by atomic mass is 32.1. The van der Waals surface area contributed by atoms with Gasteiger partial charge < -0.3 is 4.98 Å². The number of hydrogen-bond donors (Lipinski definition) is 1. The van der Waals surface area contributed by atoms with Crippen molar-refractivity contribution in [2.24, 2.45) is 0 Å². The number of fused-ring (bicyclic) bond motifs is 3. The molecule has 0 bridgehead atoms. The zero-order chi connectivity index (χ0) is 16.0. The Kier molecular flexibility index (Phi) is 3.54. The van der Waals surface area contributed by atoms with E-state index in [2.05, 4.69) is 40.0 Å². The first-order valence-electron chi connectivity index (χ1n) is 7.70. The number of aromatic nitrogens is 2. The summed E-state index contributed by atoms with van der Waals surface area (Å²) >= 11 is 1.41. The Morgan fingerprint density at radius 2 is 2.35 bits per heavy atom. The summed E-state index contributed by atoms with van der Waals surface area (Å²) in [5.41, 5.74) is 6.84. The van der Waals surface area contributed by atoms with Crippen molar-refractivity contribution in [2.75, 3.05) is 13.6 Å². The van der Waals surface area contributed by atoms with Crippen molar-refractivity contribution in [2.45, 2.75) is 19.4 Å². The van der Waals surface area contributed by atoms with Gasteiger partial charge in [-0.25, -0.2) is 9.37 Å². The number of likely N-dealkylation sites (N-methyl/N-ethyl adjacent to an activating group) is 1. The van der Waals surface area contributed by atoms with Gasteiger partial charge in [0.05, 0.1) is 11.6 Å². The van der Waals surface area contributed by atoms with Crippen molar-refractivity contribution < 1.29 is 4.39 Å². The van der Waals surface area contributed by atoms with Gasteiger partial charge in [-0.3, -0.25) is 4.90 Å². The summed E-state index contributed by atoms with van der Waals surface area (Å²) in [6, 6.07) is 6.33. The largest absolute Gasteiger partial charge is 0.358 e. The Morgan fingerprint density at radius 3 is 3.13 bits per heavy atom. The van der Waals surface area contributed by atoms with E-state index in [0.717, 1.165) is 18.5 Å². The van der Waals surface area contributed by atoms with Gasteiger partial charge in [-0.1, -0.05) is 11.6 Å². The molecule has 1 unspecified atom stereocenters. The zero-order valence-electron chi connectivity index (χ0n) is 13.1. The van der Waals surface area contributed by atoms with Gasteiger partial charge in [0.15, 0.2) is 0 Å². The fourth-order valence-corrected chi connectivity index (χ4v) is 3.87. The van der Waals surface area contributed by atoms with Crippen LogP contribution >= 0.6 is 11.3 Å². The smallest absolute Gasteiger partial charge is 0.147 e. The molecule has 0 spiro atoms. The predicted molar refractivity (Wildman–Crippen MR) is 93.3 cm³/mol. The van der Waals surface area contributed by atoms with E-state index < -0.39 is 0 Å². The standard InChI is InChI=1S/C18H18FN3S/c1-11-3-4-14-12(7-11)18-15(21-14)5-6-22(2)17(18)8-13(19)16-9-23-10-20-16/h3-4,7-10,17,21H,5-6H2,1-2H3. The van der Waals surface area contributed by atoms with Crippen LogP contribution in [-0.4, -0.2) is 28.5 Å². The summed E-state index contributed by atoms with van der Waals surface area (Å²) in [5, 5.41) is 2.94. The van der Waals surface area contributed by atoms with E-state index in [4.69, 9.17) is 0 Å². The summed E-state index contributed by atoms with van der Waals surface area (Å²) in [5.74, 6) is -0.252. The first kappa shape index (κ1) is 14.6. The van der Waals surface area contributed by atoms with E-state index in [9.17, 15) is 4.39 Å². The molecule has 23 heavy (non-hydrogen) atoms. The van der Waals surface area contributed by atoms with Crippen LogP contribution < -0.4 is 0 Å².